The van der Waals surface area contributed by atoms with Gasteiger partial charge in [-0.05, 0) is 0 Å². The molecule has 0 spiro atoms. The van der Waals surface area contributed by atoms with E-state index in [1.54, 1.807) is 7.11 Å². The molecule has 4 rings (SSSR count). The van der Waals surface area contributed by atoms with E-state index < -0.39 is 0 Å². The van der Waals surface area contributed by atoms with Gasteiger partial charge in [-0.3, -0.25) is 9.59 Å². The van der Waals surface area contributed by atoms with E-state index in [2.05, 4.69) is 40.6 Å². The van der Waals surface area contributed by atoms with Crippen molar-refractivity contribution in [3.05, 3.63) is 12.1 Å². The van der Waals surface area contributed by atoms with Gasteiger partial charge in [0.2, 0.25) is 11.8 Å². The summed E-state index contributed by atoms with van der Waals surface area (Å²) in [5.74, 6) is 8.27. The molecular formula is C28H47B2N2O4. The molecule has 0 aromatic heterocycles. The Labute approximate surface area is 220 Å². The highest BCUT2D eigenvalue weighted by Crippen LogP contribution is 2.46. The number of carbonyl (C=O) groups is 2. The lowest BCUT2D eigenvalue weighted by atomic mass is 9.27. The zero-order valence-corrected chi connectivity index (χ0v) is 22.6. The van der Waals surface area contributed by atoms with Crippen LogP contribution < -0.4 is 10.6 Å². The number of terminal acetylenes is 1. The van der Waals surface area contributed by atoms with Crippen LogP contribution in [0.3, 0.4) is 0 Å². The summed E-state index contributed by atoms with van der Waals surface area (Å²) in [6.07, 6.45) is 24.5. The van der Waals surface area contributed by atoms with Crippen LogP contribution in [0.1, 0.15) is 77.0 Å². The fourth-order valence-electron chi connectivity index (χ4n) is 6.30. The monoisotopic (exact) mass is 497 g/mol. The third-order valence-electron chi connectivity index (χ3n) is 7.95. The molecule has 199 valence electrons. The van der Waals surface area contributed by atoms with Gasteiger partial charge in [-0.25, -0.2) is 0 Å². The maximum Gasteiger partial charge on any atom is 0.246 e. The Morgan fingerprint density at radius 1 is 0.861 bits per heavy atom. The predicted octanol–water partition coefficient (Wildman–Crippen LogP) is 4.47. The minimum atomic E-state index is -0.185. The van der Waals surface area contributed by atoms with Crippen molar-refractivity contribution in [1.29, 1.82) is 0 Å². The van der Waals surface area contributed by atoms with E-state index in [1.165, 1.54) is 84.2 Å². The maximum absolute atomic E-state index is 11.2. The highest BCUT2D eigenvalue weighted by Gasteiger charge is 2.37. The fraction of sp³-hybridized carbons (Fsp3) is 0.786. The summed E-state index contributed by atoms with van der Waals surface area (Å²) in [7, 11) is 5.61. The average molecular weight is 497 g/mol. The van der Waals surface area contributed by atoms with Crippen LogP contribution in [0.2, 0.25) is 23.3 Å². The van der Waals surface area contributed by atoms with Gasteiger partial charge in [0.1, 0.15) is 20.5 Å². The van der Waals surface area contributed by atoms with Crippen molar-refractivity contribution >= 4 is 25.8 Å². The van der Waals surface area contributed by atoms with Crippen molar-refractivity contribution in [2.24, 2.45) is 0 Å². The van der Waals surface area contributed by atoms with E-state index in [0.717, 1.165) is 30.0 Å². The van der Waals surface area contributed by atoms with Gasteiger partial charge in [0.25, 0.3) is 0 Å². The predicted molar refractivity (Wildman–Crippen MR) is 150 cm³/mol. The fourth-order valence-corrected chi connectivity index (χ4v) is 6.30. The second-order valence-corrected chi connectivity index (χ2v) is 10.6. The molecule has 0 aliphatic carbocycles. The summed E-state index contributed by atoms with van der Waals surface area (Å²) < 4.78 is 9.30. The Morgan fingerprint density at radius 2 is 1.33 bits per heavy atom. The lowest BCUT2D eigenvalue weighted by Gasteiger charge is -2.39. The Kier molecular flexibility index (Phi) is 15.7. The number of carbonyl (C=O) groups excluding carboxylic acids is 2. The summed E-state index contributed by atoms with van der Waals surface area (Å²) in [6.45, 7) is 1.90. The highest BCUT2D eigenvalue weighted by molar-refractivity contribution is 6.67. The molecule has 0 saturated carbocycles. The first-order valence-corrected chi connectivity index (χ1v) is 14.0. The van der Waals surface area contributed by atoms with E-state index >= 15 is 0 Å². The molecule has 6 nitrogen and oxygen atoms in total. The van der Waals surface area contributed by atoms with Crippen molar-refractivity contribution in [3.8, 4) is 12.3 Å². The quantitative estimate of drug-likeness (QED) is 0.384. The highest BCUT2D eigenvalue weighted by atomic mass is 16.5. The van der Waals surface area contributed by atoms with E-state index in [1.807, 2.05) is 0 Å². The molecule has 4 aliphatic rings. The van der Waals surface area contributed by atoms with Crippen molar-refractivity contribution in [2.45, 2.75) is 100 Å². The number of nitrogens with one attached hydrogen (secondary N) is 2. The number of fused-ring (bicyclic) bond motifs is 4. The minimum Gasteiger partial charge on any atom is -0.375 e. The number of methoxy groups -OCH3 is 2. The summed E-state index contributed by atoms with van der Waals surface area (Å²) in [6, 6.07) is 0. The SMILES string of the molecule is C#CCNC(=O)COC.COCC(=O)NC/C=C/B1C2CCCC1CCC2.[B]1C2CCCC1CCC2. The van der Waals surface area contributed by atoms with Crippen LogP contribution in [-0.2, 0) is 19.1 Å². The van der Waals surface area contributed by atoms with Crippen LogP contribution in [-0.4, -0.2) is 66.3 Å². The first-order valence-electron chi connectivity index (χ1n) is 14.0. The van der Waals surface area contributed by atoms with Crippen LogP contribution in [0.25, 0.3) is 0 Å². The maximum atomic E-state index is 11.2. The Balaban J connectivity index is 0.000000212. The molecule has 4 fully saturated rings. The summed E-state index contributed by atoms with van der Waals surface area (Å²) in [5, 5.41) is 5.27. The van der Waals surface area contributed by atoms with Gasteiger partial charge in [0, 0.05) is 20.8 Å². The molecule has 0 unspecified atom stereocenters. The molecular weight excluding hydrogens is 450 g/mol. The summed E-state index contributed by atoms with van der Waals surface area (Å²) in [4.78, 5) is 21.7. The molecule has 4 saturated heterocycles. The molecule has 1 radical (unpaired) electrons. The van der Waals surface area contributed by atoms with Crippen LogP contribution in [0.5, 0.6) is 0 Å². The lowest BCUT2D eigenvalue weighted by molar-refractivity contribution is -0.125. The van der Waals surface area contributed by atoms with Crippen molar-refractivity contribution in [1.82, 2.24) is 10.6 Å². The van der Waals surface area contributed by atoms with Crippen molar-refractivity contribution in [2.75, 3.05) is 40.5 Å². The summed E-state index contributed by atoms with van der Waals surface area (Å²) in [5.41, 5.74) is 0. The molecule has 4 heterocycles. The van der Waals surface area contributed by atoms with Crippen molar-refractivity contribution in [3.63, 3.8) is 0 Å². The van der Waals surface area contributed by atoms with Gasteiger partial charge >= 0.3 is 0 Å². The van der Waals surface area contributed by atoms with Crippen LogP contribution in [0.4, 0.5) is 0 Å². The van der Waals surface area contributed by atoms with Gasteiger partial charge in [-0.2, -0.15) is 0 Å². The van der Waals surface area contributed by atoms with Gasteiger partial charge in [-0.1, -0.05) is 112 Å². The lowest BCUT2D eigenvalue weighted by Crippen LogP contribution is -2.33. The van der Waals surface area contributed by atoms with E-state index in [-0.39, 0.29) is 31.6 Å². The largest absolute Gasteiger partial charge is 0.375 e. The molecule has 36 heavy (non-hydrogen) atoms. The normalized spacial score (nSPS) is 26.2. The zero-order chi connectivity index (χ0) is 26.0. The molecule has 4 bridgehead atoms. The summed E-state index contributed by atoms with van der Waals surface area (Å²) >= 11 is 0. The third kappa shape index (κ3) is 12.0. The number of amides is 2. The van der Waals surface area contributed by atoms with Crippen LogP contribution in [0, 0.1) is 12.3 Å². The van der Waals surface area contributed by atoms with Gasteiger partial charge < -0.3 is 20.1 Å². The zero-order valence-electron chi connectivity index (χ0n) is 22.6. The van der Waals surface area contributed by atoms with Gasteiger partial charge in [0.05, 0.1) is 6.54 Å². The smallest absolute Gasteiger partial charge is 0.246 e. The average Bonchev–Trinajstić information content (AvgIpc) is 2.86. The molecule has 0 atom stereocenters. The number of hydrogen-bond donors (Lipinski definition) is 2. The first-order chi connectivity index (χ1) is 17.6. The van der Waals surface area contributed by atoms with Crippen LogP contribution >= 0.6 is 0 Å². The first kappa shape index (κ1) is 30.5. The molecule has 2 amide bonds. The van der Waals surface area contributed by atoms with Gasteiger partial charge in [0.15, 0.2) is 6.71 Å². The Morgan fingerprint density at radius 3 is 1.78 bits per heavy atom. The van der Waals surface area contributed by atoms with E-state index in [9.17, 15) is 9.59 Å². The molecule has 0 aromatic rings. The topological polar surface area (TPSA) is 76.7 Å². The van der Waals surface area contributed by atoms with Crippen molar-refractivity contribution < 1.29 is 19.1 Å². The third-order valence-corrected chi connectivity index (χ3v) is 7.95. The molecule has 2 N–H and O–H groups in total. The molecule has 0 aromatic carbocycles. The number of rotatable bonds is 8. The minimum absolute atomic E-state index is 0.0361. The molecule has 8 heteroatoms. The second kappa shape index (κ2) is 18.5. The number of hydrogen-bond acceptors (Lipinski definition) is 4. The van der Waals surface area contributed by atoms with E-state index in [0.29, 0.717) is 6.54 Å². The van der Waals surface area contributed by atoms with E-state index in [4.69, 9.17) is 11.2 Å². The molecule has 4 aliphatic heterocycles. The Bertz CT molecular complexity index is 670. The van der Waals surface area contributed by atoms with Gasteiger partial charge in [-0.15, -0.1) is 12.4 Å². The second-order valence-electron chi connectivity index (χ2n) is 10.6. The standard InChI is InChI=1S/C14H24BNO2.C8H14B.C6H9NO2/c1-18-11-14(17)16-10-4-9-15-12-5-2-6-13(15)8-3-7-12;1-3-7-5-2-6-8(4-1)9-7;1-3-4-7-6(8)5-9-2/h4,9,12-13H,2-3,5-8,10-11H2,1H3,(H,16,17);7-8H,1-6H2;1H,4-5H2,2H3,(H,7,8)/b9-4+;;. The van der Waals surface area contributed by atoms with Crippen LogP contribution in [0.15, 0.2) is 12.1 Å². The Hall–Kier alpha value is -1.71. The number of ether oxygens (including phenoxy) is 2.